The van der Waals surface area contributed by atoms with Crippen LogP contribution in [-0.2, 0) is 4.79 Å². The van der Waals surface area contributed by atoms with Crippen LogP contribution in [0.3, 0.4) is 0 Å². The van der Waals surface area contributed by atoms with Crippen molar-refractivity contribution in [1.29, 1.82) is 0 Å². The van der Waals surface area contributed by atoms with Crippen LogP contribution in [0.5, 0.6) is 0 Å². The van der Waals surface area contributed by atoms with Gasteiger partial charge in [-0.2, -0.15) is 0 Å². The van der Waals surface area contributed by atoms with Gasteiger partial charge in [-0.1, -0.05) is 36.0 Å². The van der Waals surface area contributed by atoms with E-state index in [1.807, 2.05) is 0 Å². The van der Waals surface area contributed by atoms with E-state index in [1.54, 1.807) is 18.2 Å². The second-order valence-electron chi connectivity index (χ2n) is 5.50. The molecule has 1 aliphatic rings. The van der Waals surface area contributed by atoms with Gasteiger partial charge in [-0.25, -0.2) is 0 Å². The number of carbonyl (C=O) groups is 2. The van der Waals surface area contributed by atoms with E-state index in [0.717, 1.165) is 25.7 Å². The molecule has 108 valence electrons. The summed E-state index contributed by atoms with van der Waals surface area (Å²) in [6.45, 7) is 0. The van der Waals surface area contributed by atoms with Gasteiger partial charge in [-0.15, -0.1) is 0 Å². The standard InChI is InChI=1S/C15H16Cl2O3/c16-10-3-4-12(17)11(7-10)13(18)8-15(9-14(19)20)5-1-2-6-15/h3-4,7H,1-2,5-6,8-9H2,(H,19,20). The van der Waals surface area contributed by atoms with E-state index in [4.69, 9.17) is 28.3 Å². The number of hydrogen-bond donors (Lipinski definition) is 1. The Labute approximate surface area is 127 Å². The first-order chi connectivity index (χ1) is 9.42. The second kappa shape index (κ2) is 6.15. The number of rotatable bonds is 5. The highest BCUT2D eigenvalue weighted by Crippen LogP contribution is 2.45. The maximum atomic E-state index is 12.4. The summed E-state index contributed by atoms with van der Waals surface area (Å²) < 4.78 is 0. The van der Waals surface area contributed by atoms with Gasteiger partial charge >= 0.3 is 5.97 Å². The Balaban J connectivity index is 2.20. The lowest BCUT2D eigenvalue weighted by molar-refractivity contribution is -0.139. The van der Waals surface area contributed by atoms with Crippen LogP contribution < -0.4 is 0 Å². The van der Waals surface area contributed by atoms with Crippen molar-refractivity contribution in [2.24, 2.45) is 5.41 Å². The number of aliphatic carboxylic acids is 1. The van der Waals surface area contributed by atoms with Crippen LogP contribution in [0, 0.1) is 5.41 Å². The summed E-state index contributed by atoms with van der Waals surface area (Å²) in [6, 6.07) is 4.77. The number of carboxylic acid groups (broad SMARTS) is 1. The maximum absolute atomic E-state index is 12.4. The molecule has 0 unspecified atom stereocenters. The van der Waals surface area contributed by atoms with Gasteiger partial charge in [-0.3, -0.25) is 9.59 Å². The lowest BCUT2D eigenvalue weighted by Gasteiger charge is -2.26. The van der Waals surface area contributed by atoms with Crippen LogP contribution in [0.2, 0.25) is 10.0 Å². The van der Waals surface area contributed by atoms with E-state index in [9.17, 15) is 9.59 Å². The third kappa shape index (κ3) is 3.53. The Morgan fingerprint density at radius 1 is 1.15 bits per heavy atom. The van der Waals surface area contributed by atoms with E-state index in [1.165, 1.54) is 0 Å². The van der Waals surface area contributed by atoms with Gasteiger partial charge in [0.2, 0.25) is 0 Å². The zero-order valence-electron chi connectivity index (χ0n) is 11.0. The minimum atomic E-state index is -0.850. The van der Waals surface area contributed by atoms with Crippen molar-refractivity contribution in [1.82, 2.24) is 0 Å². The molecule has 0 amide bonds. The summed E-state index contributed by atoms with van der Waals surface area (Å²) in [5.74, 6) is -0.974. The normalized spacial score (nSPS) is 17.1. The molecule has 0 bridgehead atoms. The van der Waals surface area contributed by atoms with Gasteiger partial charge in [0.15, 0.2) is 5.78 Å². The lowest BCUT2D eigenvalue weighted by Crippen LogP contribution is -2.24. The van der Waals surface area contributed by atoms with Crippen LogP contribution in [0.1, 0.15) is 48.9 Å². The van der Waals surface area contributed by atoms with Crippen LogP contribution >= 0.6 is 23.2 Å². The number of hydrogen-bond acceptors (Lipinski definition) is 2. The largest absolute Gasteiger partial charge is 0.481 e. The van der Waals surface area contributed by atoms with Gasteiger partial charge in [0, 0.05) is 17.0 Å². The molecule has 0 radical (unpaired) electrons. The Bertz CT molecular complexity index is 534. The van der Waals surface area contributed by atoms with E-state index in [2.05, 4.69) is 0 Å². The van der Waals surface area contributed by atoms with Gasteiger partial charge in [-0.05, 0) is 36.5 Å². The zero-order valence-corrected chi connectivity index (χ0v) is 12.5. The van der Waals surface area contributed by atoms with Crippen molar-refractivity contribution in [3.05, 3.63) is 33.8 Å². The number of carbonyl (C=O) groups excluding carboxylic acids is 1. The summed E-state index contributed by atoms with van der Waals surface area (Å²) in [6.07, 6.45) is 3.77. The number of Topliss-reactive ketones (excluding diaryl/α,β-unsaturated/α-hetero) is 1. The number of ketones is 1. The first-order valence-electron chi connectivity index (χ1n) is 6.62. The molecule has 0 spiro atoms. The molecule has 0 heterocycles. The smallest absolute Gasteiger partial charge is 0.303 e. The maximum Gasteiger partial charge on any atom is 0.303 e. The minimum Gasteiger partial charge on any atom is -0.481 e. The molecule has 2 rings (SSSR count). The molecule has 0 atom stereocenters. The Kier molecular flexibility index (Phi) is 4.71. The predicted octanol–water partition coefficient (Wildman–Crippen LogP) is 4.60. The molecule has 1 aliphatic carbocycles. The predicted molar refractivity (Wildman–Crippen MR) is 78.6 cm³/mol. The molecule has 1 aromatic rings. The van der Waals surface area contributed by atoms with Crippen molar-refractivity contribution in [3.8, 4) is 0 Å². The Morgan fingerprint density at radius 3 is 2.40 bits per heavy atom. The summed E-state index contributed by atoms with van der Waals surface area (Å²) >= 11 is 11.9. The molecule has 1 aromatic carbocycles. The molecule has 0 saturated heterocycles. The molecule has 0 aromatic heterocycles. The van der Waals surface area contributed by atoms with Crippen LogP contribution in [0.4, 0.5) is 0 Å². The van der Waals surface area contributed by atoms with E-state index in [-0.39, 0.29) is 18.6 Å². The van der Waals surface area contributed by atoms with E-state index < -0.39 is 11.4 Å². The molecule has 20 heavy (non-hydrogen) atoms. The lowest BCUT2D eigenvalue weighted by atomic mass is 9.77. The van der Waals surface area contributed by atoms with Crippen LogP contribution in [0.15, 0.2) is 18.2 Å². The fourth-order valence-corrected chi connectivity index (χ4v) is 3.40. The molecule has 3 nitrogen and oxygen atoms in total. The van der Waals surface area contributed by atoms with Crippen molar-refractivity contribution in [2.75, 3.05) is 0 Å². The summed E-state index contributed by atoms with van der Waals surface area (Å²) in [5, 5.41) is 9.88. The molecule has 1 N–H and O–H groups in total. The number of benzene rings is 1. The van der Waals surface area contributed by atoms with Crippen molar-refractivity contribution in [2.45, 2.75) is 38.5 Å². The van der Waals surface area contributed by atoms with Gasteiger partial charge in [0.05, 0.1) is 11.4 Å². The Hall–Kier alpha value is -1.06. The van der Waals surface area contributed by atoms with Gasteiger partial charge < -0.3 is 5.11 Å². The van der Waals surface area contributed by atoms with Crippen molar-refractivity contribution in [3.63, 3.8) is 0 Å². The highest BCUT2D eigenvalue weighted by atomic mass is 35.5. The minimum absolute atomic E-state index is 0.0386. The molecule has 1 saturated carbocycles. The first kappa shape index (κ1) is 15.3. The molecule has 0 aliphatic heterocycles. The third-order valence-corrected chi connectivity index (χ3v) is 4.52. The Morgan fingerprint density at radius 2 is 1.80 bits per heavy atom. The molecule has 1 fully saturated rings. The fourth-order valence-electron chi connectivity index (χ4n) is 3.01. The quantitative estimate of drug-likeness (QED) is 0.808. The highest BCUT2D eigenvalue weighted by Gasteiger charge is 2.38. The number of halogens is 2. The average Bonchev–Trinajstić information content (AvgIpc) is 2.79. The highest BCUT2D eigenvalue weighted by molar-refractivity contribution is 6.35. The third-order valence-electron chi connectivity index (χ3n) is 3.95. The summed E-state index contributed by atoms with van der Waals surface area (Å²) in [7, 11) is 0. The monoisotopic (exact) mass is 314 g/mol. The van der Waals surface area contributed by atoms with Crippen LogP contribution in [0.25, 0.3) is 0 Å². The topological polar surface area (TPSA) is 54.4 Å². The van der Waals surface area contributed by atoms with Gasteiger partial charge in [0.1, 0.15) is 0 Å². The van der Waals surface area contributed by atoms with Crippen molar-refractivity contribution < 1.29 is 14.7 Å². The fraction of sp³-hybridized carbons (Fsp3) is 0.467. The van der Waals surface area contributed by atoms with E-state index in [0.29, 0.717) is 15.6 Å². The molecule has 5 heteroatoms. The average molecular weight is 315 g/mol. The number of carboxylic acids is 1. The molecular weight excluding hydrogens is 299 g/mol. The SMILES string of the molecule is O=C(O)CC1(CC(=O)c2cc(Cl)ccc2Cl)CCCC1. The van der Waals surface area contributed by atoms with E-state index >= 15 is 0 Å². The zero-order chi connectivity index (χ0) is 14.8. The first-order valence-corrected chi connectivity index (χ1v) is 7.38. The molecular formula is C15H16Cl2O3. The second-order valence-corrected chi connectivity index (χ2v) is 6.35. The summed E-state index contributed by atoms with van der Waals surface area (Å²) in [4.78, 5) is 23.5. The summed E-state index contributed by atoms with van der Waals surface area (Å²) in [5.41, 5.74) is -0.0370. The van der Waals surface area contributed by atoms with Crippen LogP contribution in [-0.4, -0.2) is 16.9 Å². The van der Waals surface area contributed by atoms with Crippen molar-refractivity contribution >= 4 is 35.0 Å². The van der Waals surface area contributed by atoms with Gasteiger partial charge in [0.25, 0.3) is 0 Å².